The Morgan fingerprint density at radius 2 is 2.00 bits per heavy atom. The number of benzene rings is 1. The molecule has 1 aliphatic rings. The van der Waals surface area contributed by atoms with Crippen molar-refractivity contribution in [1.82, 2.24) is 4.31 Å². The Hall–Kier alpha value is -1.90. The third-order valence-corrected chi connectivity index (χ3v) is 7.64. The van der Waals surface area contributed by atoms with Crippen LogP contribution in [0.3, 0.4) is 0 Å². The van der Waals surface area contributed by atoms with Crippen LogP contribution in [0.5, 0.6) is 5.75 Å². The number of amides is 1. The van der Waals surface area contributed by atoms with E-state index < -0.39 is 10.0 Å². The van der Waals surface area contributed by atoms with Gasteiger partial charge in [0.15, 0.2) is 0 Å². The van der Waals surface area contributed by atoms with Gasteiger partial charge in [-0.05, 0) is 55.3 Å². The van der Waals surface area contributed by atoms with E-state index in [0.29, 0.717) is 30.9 Å². The van der Waals surface area contributed by atoms with Crippen molar-refractivity contribution in [2.75, 3.05) is 25.5 Å². The van der Waals surface area contributed by atoms with E-state index in [1.54, 1.807) is 17.4 Å². The molecule has 2 heterocycles. The molecule has 0 atom stereocenters. The highest BCUT2D eigenvalue weighted by Crippen LogP contribution is 2.30. The van der Waals surface area contributed by atoms with E-state index >= 15 is 0 Å². The first kappa shape index (κ1) is 20.8. The maximum Gasteiger partial charge on any atom is 0.243 e. The normalized spacial score (nSPS) is 15.3. The van der Waals surface area contributed by atoms with E-state index in [1.807, 2.05) is 11.4 Å². The van der Waals surface area contributed by atoms with Gasteiger partial charge in [-0.2, -0.15) is 4.31 Å². The minimum absolute atomic E-state index is 0.151. The summed E-state index contributed by atoms with van der Waals surface area (Å²) in [5.41, 5.74) is 0.390. The maximum atomic E-state index is 12.9. The van der Waals surface area contributed by atoms with Crippen LogP contribution in [0.25, 0.3) is 0 Å². The zero-order valence-electron chi connectivity index (χ0n) is 16.0. The number of piperidine rings is 1. The number of ether oxygens (including phenoxy) is 1. The van der Waals surface area contributed by atoms with E-state index in [-0.39, 0.29) is 10.8 Å². The molecular weight excluding hydrogens is 396 g/mol. The van der Waals surface area contributed by atoms with Gasteiger partial charge in [-0.3, -0.25) is 4.79 Å². The highest BCUT2D eigenvalue weighted by molar-refractivity contribution is 7.89. The predicted octanol–water partition coefficient (Wildman–Crippen LogP) is 3.89. The van der Waals surface area contributed by atoms with E-state index in [1.165, 1.54) is 28.4 Å². The van der Waals surface area contributed by atoms with Crippen LogP contribution in [0.2, 0.25) is 0 Å². The van der Waals surface area contributed by atoms with Crippen LogP contribution in [0.4, 0.5) is 5.69 Å². The van der Waals surface area contributed by atoms with Gasteiger partial charge in [0.25, 0.3) is 0 Å². The fourth-order valence-electron chi connectivity index (χ4n) is 3.29. The van der Waals surface area contributed by atoms with E-state index in [9.17, 15) is 13.2 Å². The van der Waals surface area contributed by atoms with Crippen molar-refractivity contribution in [2.45, 2.75) is 43.4 Å². The summed E-state index contributed by atoms with van der Waals surface area (Å²) in [6.45, 7) is 1.08. The maximum absolute atomic E-state index is 12.9. The molecule has 1 aromatic heterocycles. The van der Waals surface area contributed by atoms with Gasteiger partial charge >= 0.3 is 0 Å². The number of anilines is 1. The van der Waals surface area contributed by atoms with Gasteiger partial charge in [-0.1, -0.05) is 12.5 Å². The van der Waals surface area contributed by atoms with Gasteiger partial charge in [-0.25, -0.2) is 8.42 Å². The summed E-state index contributed by atoms with van der Waals surface area (Å²) in [6, 6.07) is 8.69. The lowest BCUT2D eigenvalue weighted by Gasteiger charge is -2.26. The molecule has 28 heavy (non-hydrogen) atoms. The quantitative estimate of drug-likeness (QED) is 0.700. The number of sulfonamides is 1. The minimum Gasteiger partial charge on any atom is -0.495 e. The van der Waals surface area contributed by atoms with E-state index in [2.05, 4.69) is 11.4 Å². The van der Waals surface area contributed by atoms with Crippen molar-refractivity contribution < 1.29 is 17.9 Å². The molecule has 0 aliphatic carbocycles. The second-order valence-electron chi connectivity index (χ2n) is 6.81. The Morgan fingerprint density at radius 1 is 1.21 bits per heavy atom. The number of thiophene rings is 1. The number of aryl methyl sites for hydroxylation is 1. The number of methoxy groups -OCH3 is 1. The fourth-order valence-corrected chi connectivity index (χ4v) is 5.59. The topological polar surface area (TPSA) is 75.7 Å². The van der Waals surface area contributed by atoms with Crippen molar-refractivity contribution in [3.63, 3.8) is 0 Å². The third-order valence-electron chi connectivity index (χ3n) is 4.80. The number of nitrogens with one attached hydrogen (secondary N) is 1. The van der Waals surface area contributed by atoms with Gasteiger partial charge in [0.1, 0.15) is 5.75 Å². The molecule has 0 saturated carbocycles. The van der Waals surface area contributed by atoms with Crippen LogP contribution in [0.15, 0.2) is 40.6 Å². The van der Waals surface area contributed by atoms with Crippen molar-refractivity contribution in [1.29, 1.82) is 0 Å². The molecule has 0 unspecified atom stereocenters. The number of hydrogen-bond acceptors (Lipinski definition) is 5. The van der Waals surface area contributed by atoms with Crippen molar-refractivity contribution in [3.8, 4) is 5.75 Å². The molecule has 6 nitrogen and oxygen atoms in total. The number of rotatable bonds is 8. The highest BCUT2D eigenvalue weighted by Gasteiger charge is 2.26. The Labute approximate surface area is 170 Å². The molecule has 1 amide bonds. The number of carbonyl (C=O) groups is 1. The molecule has 3 rings (SSSR count). The van der Waals surface area contributed by atoms with Crippen molar-refractivity contribution >= 4 is 33.0 Å². The summed E-state index contributed by atoms with van der Waals surface area (Å²) in [5.74, 6) is 0.298. The minimum atomic E-state index is -3.56. The van der Waals surface area contributed by atoms with E-state index in [4.69, 9.17) is 4.74 Å². The first-order valence-corrected chi connectivity index (χ1v) is 11.8. The molecule has 1 aliphatic heterocycles. The molecule has 152 valence electrons. The van der Waals surface area contributed by atoms with Crippen LogP contribution >= 0.6 is 11.3 Å². The third kappa shape index (κ3) is 5.12. The fraction of sp³-hybridized carbons (Fsp3) is 0.450. The van der Waals surface area contributed by atoms with Crippen LogP contribution in [0, 0.1) is 0 Å². The molecule has 0 bridgehead atoms. The lowest BCUT2D eigenvalue weighted by atomic mass is 10.2. The largest absolute Gasteiger partial charge is 0.495 e. The monoisotopic (exact) mass is 422 g/mol. The highest BCUT2D eigenvalue weighted by atomic mass is 32.2. The van der Waals surface area contributed by atoms with Gasteiger partial charge in [0.2, 0.25) is 15.9 Å². The Bertz CT molecular complexity index is 889. The SMILES string of the molecule is COc1ccc(S(=O)(=O)N2CCCCC2)cc1NC(=O)CCCc1cccs1. The first-order valence-electron chi connectivity index (χ1n) is 9.51. The zero-order chi connectivity index (χ0) is 20.0. The smallest absolute Gasteiger partial charge is 0.243 e. The zero-order valence-corrected chi connectivity index (χ0v) is 17.7. The van der Waals surface area contributed by atoms with Crippen molar-refractivity contribution in [3.05, 3.63) is 40.6 Å². The lowest BCUT2D eigenvalue weighted by Crippen LogP contribution is -2.35. The second-order valence-corrected chi connectivity index (χ2v) is 9.78. The lowest BCUT2D eigenvalue weighted by molar-refractivity contribution is -0.116. The molecule has 2 aromatic rings. The van der Waals surface area contributed by atoms with Crippen molar-refractivity contribution in [2.24, 2.45) is 0 Å². The van der Waals surface area contributed by atoms with Gasteiger partial charge in [0, 0.05) is 24.4 Å². The summed E-state index contributed by atoms with van der Waals surface area (Å²) < 4.78 is 32.6. The summed E-state index contributed by atoms with van der Waals surface area (Å²) in [7, 11) is -2.06. The van der Waals surface area contributed by atoms with Gasteiger partial charge in [0.05, 0.1) is 17.7 Å². The van der Waals surface area contributed by atoms with Crippen LogP contribution in [0.1, 0.15) is 37.0 Å². The Morgan fingerprint density at radius 3 is 2.68 bits per heavy atom. The predicted molar refractivity (Wildman–Crippen MR) is 111 cm³/mol. The number of carbonyl (C=O) groups excluding carboxylic acids is 1. The average Bonchev–Trinajstić information content (AvgIpc) is 3.22. The number of hydrogen-bond donors (Lipinski definition) is 1. The van der Waals surface area contributed by atoms with Gasteiger partial charge in [-0.15, -0.1) is 11.3 Å². The molecule has 0 spiro atoms. The summed E-state index contributed by atoms with van der Waals surface area (Å²) in [4.78, 5) is 13.8. The first-order chi connectivity index (χ1) is 13.5. The molecule has 1 fully saturated rings. The molecule has 1 N–H and O–H groups in total. The van der Waals surface area contributed by atoms with E-state index in [0.717, 1.165) is 32.1 Å². The molecule has 1 saturated heterocycles. The molecule has 0 radical (unpaired) electrons. The Kier molecular flexibility index (Phi) is 7.09. The molecule has 1 aromatic carbocycles. The molecular formula is C20H26N2O4S2. The van der Waals surface area contributed by atoms with Crippen LogP contribution in [-0.2, 0) is 21.2 Å². The number of nitrogens with zero attached hydrogens (tertiary/aromatic N) is 1. The average molecular weight is 423 g/mol. The molecule has 8 heteroatoms. The van der Waals surface area contributed by atoms with Crippen LogP contribution < -0.4 is 10.1 Å². The standard InChI is InChI=1S/C20H26N2O4S2/c1-26-19-11-10-17(28(24,25)22-12-3-2-4-13-22)15-18(19)21-20(23)9-5-7-16-8-6-14-27-16/h6,8,10-11,14-15H,2-5,7,9,12-13H2,1H3,(H,21,23). The summed E-state index contributed by atoms with van der Waals surface area (Å²) in [6.07, 6.45) is 4.77. The second kappa shape index (κ2) is 9.54. The summed E-state index contributed by atoms with van der Waals surface area (Å²) in [5, 5.41) is 4.84. The van der Waals surface area contributed by atoms with Gasteiger partial charge < -0.3 is 10.1 Å². The summed E-state index contributed by atoms with van der Waals surface area (Å²) >= 11 is 1.68. The Balaban J connectivity index is 1.69. The van der Waals surface area contributed by atoms with Crippen LogP contribution in [-0.4, -0.2) is 38.8 Å².